The van der Waals surface area contributed by atoms with Crippen LogP contribution in [0, 0.1) is 5.92 Å². The van der Waals surface area contributed by atoms with E-state index in [1.165, 1.54) is 12.8 Å². The van der Waals surface area contributed by atoms with E-state index in [2.05, 4.69) is 26.2 Å². The van der Waals surface area contributed by atoms with Crippen molar-refractivity contribution in [2.24, 2.45) is 5.92 Å². The highest BCUT2D eigenvalue weighted by Gasteiger charge is 2.30. The molecule has 4 nitrogen and oxygen atoms in total. The Labute approximate surface area is 128 Å². The first-order valence-corrected chi connectivity index (χ1v) is 8.18. The third-order valence-corrected chi connectivity index (χ3v) is 5.10. The summed E-state index contributed by atoms with van der Waals surface area (Å²) in [6.07, 6.45) is 6.48. The van der Waals surface area contributed by atoms with Crippen LogP contribution in [0.1, 0.15) is 36.2 Å². The van der Waals surface area contributed by atoms with Crippen LogP contribution < -0.4 is 5.32 Å². The Kier molecular flexibility index (Phi) is 4.36. The second-order valence-electron chi connectivity index (χ2n) is 5.67. The summed E-state index contributed by atoms with van der Waals surface area (Å²) in [6.45, 7) is 2.86. The standard InChI is InChI=1S/C15H20BrN3O/c16-12-3-1-8-18-14(12)15(20)19-9-5-11(6-10-19)13-4-2-7-17-13/h1,3,8,11,13,17H,2,4-7,9-10H2. The molecule has 5 heteroatoms. The fraction of sp³-hybridized carbons (Fsp3) is 0.600. The van der Waals surface area contributed by atoms with Crippen LogP contribution in [0.15, 0.2) is 22.8 Å². The number of pyridine rings is 1. The second kappa shape index (κ2) is 6.22. The number of rotatable bonds is 2. The molecule has 0 radical (unpaired) electrons. The minimum Gasteiger partial charge on any atom is -0.337 e. The molecule has 0 bridgehead atoms. The maximum atomic E-state index is 12.5. The Hall–Kier alpha value is -0.940. The van der Waals surface area contributed by atoms with E-state index in [0.29, 0.717) is 11.7 Å². The van der Waals surface area contributed by atoms with Crippen molar-refractivity contribution in [1.29, 1.82) is 0 Å². The van der Waals surface area contributed by atoms with Gasteiger partial charge in [-0.2, -0.15) is 0 Å². The number of carbonyl (C=O) groups excluding carboxylic acids is 1. The number of carbonyl (C=O) groups is 1. The summed E-state index contributed by atoms with van der Waals surface area (Å²) in [4.78, 5) is 18.6. The zero-order chi connectivity index (χ0) is 13.9. The van der Waals surface area contributed by atoms with E-state index in [0.717, 1.165) is 42.9 Å². The van der Waals surface area contributed by atoms with Gasteiger partial charge in [0.25, 0.3) is 5.91 Å². The number of halogens is 1. The average Bonchev–Trinajstić information content (AvgIpc) is 3.01. The molecule has 2 aliphatic heterocycles. The van der Waals surface area contributed by atoms with Gasteiger partial charge in [-0.15, -0.1) is 0 Å². The summed E-state index contributed by atoms with van der Waals surface area (Å²) < 4.78 is 0.782. The molecule has 1 unspecified atom stereocenters. The van der Waals surface area contributed by atoms with Gasteiger partial charge in [0, 0.05) is 29.8 Å². The first kappa shape index (κ1) is 14.0. The largest absolute Gasteiger partial charge is 0.337 e. The lowest BCUT2D eigenvalue weighted by atomic mass is 9.88. The molecule has 0 aliphatic carbocycles. The molecule has 3 heterocycles. The molecule has 1 amide bonds. The molecule has 1 atom stereocenters. The first-order valence-electron chi connectivity index (χ1n) is 7.39. The number of likely N-dealkylation sites (tertiary alicyclic amines) is 1. The molecule has 0 spiro atoms. The predicted octanol–water partition coefficient (Wildman–Crippen LogP) is 2.45. The van der Waals surface area contributed by atoms with Gasteiger partial charge >= 0.3 is 0 Å². The highest BCUT2D eigenvalue weighted by Crippen LogP contribution is 2.27. The average molecular weight is 338 g/mol. The van der Waals surface area contributed by atoms with Crippen molar-refractivity contribution in [2.75, 3.05) is 19.6 Å². The fourth-order valence-corrected chi connectivity index (χ4v) is 3.74. The van der Waals surface area contributed by atoms with Crippen LogP contribution in [0.25, 0.3) is 0 Å². The molecular weight excluding hydrogens is 318 g/mol. The van der Waals surface area contributed by atoms with Gasteiger partial charge < -0.3 is 10.2 Å². The molecule has 2 saturated heterocycles. The number of amides is 1. The third-order valence-electron chi connectivity index (χ3n) is 4.46. The molecule has 0 saturated carbocycles. The molecule has 0 aromatic carbocycles. The van der Waals surface area contributed by atoms with E-state index in [4.69, 9.17) is 0 Å². The number of aromatic nitrogens is 1. The number of nitrogens with one attached hydrogen (secondary N) is 1. The van der Waals surface area contributed by atoms with E-state index in [9.17, 15) is 4.79 Å². The molecule has 2 fully saturated rings. The van der Waals surface area contributed by atoms with Crippen LogP contribution in [-0.4, -0.2) is 41.5 Å². The quantitative estimate of drug-likeness (QED) is 0.901. The first-order chi connectivity index (χ1) is 9.75. The Morgan fingerprint density at radius 3 is 2.80 bits per heavy atom. The SMILES string of the molecule is O=C(c1ncccc1Br)N1CCC(C2CCCN2)CC1. The van der Waals surface area contributed by atoms with Gasteiger partial charge in [0.1, 0.15) is 5.69 Å². The van der Waals surface area contributed by atoms with Crippen molar-refractivity contribution in [3.05, 3.63) is 28.5 Å². The maximum Gasteiger partial charge on any atom is 0.273 e. The molecular formula is C15H20BrN3O. The fourth-order valence-electron chi connectivity index (χ4n) is 3.31. The zero-order valence-electron chi connectivity index (χ0n) is 11.5. The molecule has 1 N–H and O–H groups in total. The van der Waals surface area contributed by atoms with Crippen LogP contribution in [0.2, 0.25) is 0 Å². The number of piperidine rings is 1. The van der Waals surface area contributed by atoms with E-state index >= 15 is 0 Å². The predicted molar refractivity (Wildman–Crippen MR) is 81.6 cm³/mol. The van der Waals surface area contributed by atoms with Crippen LogP contribution in [0.5, 0.6) is 0 Å². The molecule has 1 aromatic heterocycles. The van der Waals surface area contributed by atoms with Gasteiger partial charge in [-0.1, -0.05) is 0 Å². The van der Waals surface area contributed by atoms with Crippen molar-refractivity contribution in [3.63, 3.8) is 0 Å². The topological polar surface area (TPSA) is 45.2 Å². The highest BCUT2D eigenvalue weighted by molar-refractivity contribution is 9.10. The van der Waals surface area contributed by atoms with Gasteiger partial charge in [-0.05, 0) is 66.2 Å². The van der Waals surface area contributed by atoms with Crippen molar-refractivity contribution in [1.82, 2.24) is 15.2 Å². The van der Waals surface area contributed by atoms with E-state index in [-0.39, 0.29) is 5.91 Å². The van der Waals surface area contributed by atoms with Crippen LogP contribution in [0.3, 0.4) is 0 Å². The Bertz CT molecular complexity index is 480. The molecule has 20 heavy (non-hydrogen) atoms. The van der Waals surface area contributed by atoms with Gasteiger partial charge in [0.2, 0.25) is 0 Å². The molecule has 3 rings (SSSR count). The summed E-state index contributed by atoms with van der Waals surface area (Å²) in [7, 11) is 0. The molecule has 2 aliphatic rings. The number of hydrogen-bond acceptors (Lipinski definition) is 3. The summed E-state index contributed by atoms with van der Waals surface area (Å²) in [5, 5.41) is 3.59. The lowest BCUT2D eigenvalue weighted by Crippen LogP contribution is -2.43. The Balaban J connectivity index is 1.60. The zero-order valence-corrected chi connectivity index (χ0v) is 13.1. The summed E-state index contributed by atoms with van der Waals surface area (Å²) in [5.41, 5.74) is 0.532. The normalized spacial score (nSPS) is 24.1. The highest BCUT2D eigenvalue weighted by atomic mass is 79.9. The minimum absolute atomic E-state index is 0.0512. The summed E-state index contributed by atoms with van der Waals surface area (Å²) in [6, 6.07) is 4.38. The van der Waals surface area contributed by atoms with Gasteiger partial charge in [0.05, 0.1) is 0 Å². The minimum atomic E-state index is 0.0512. The number of nitrogens with zero attached hydrogens (tertiary/aromatic N) is 2. The molecule has 108 valence electrons. The maximum absolute atomic E-state index is 12.5. The van der Waals surface area contributed by atoms with E-state index in [1.54, 1.807) is 6.20 Å². The Morgan fingerprint density at radius 1 is 1.35 bits per heavy atom. The van der Waals surface area contributed by atoms with Crippen LogP contribution >= 0.6 is 15.9 Å². The second-order valence-corrected chi connectivity index (χ2v) is 6.52. The molecule has 1 aromatic rings. The van der Waals surface area contributed by atoms with Crippen molar-refractivity contribution >= 4 is 21.8 Å². The summed E-state index contributed by atoms with van der Waals surface area (Å²) >= 11 is 3.41. The van der Waals surface area contributed by atoms with E-state index in [1.807, 2.05) is 17.0 Å². The lowest BCUT2D eigenvalue weighted by Gasteiger charge is -2.34. The van der Waals surface area contributed by atoms with Gasteiger partial charge in [-0.3, -0.25) is 4.79 Å². The Morgan fingerprint density at radius 2 is 2.15 bits per heavy atom. The van der Waals surface area contributed by atoms with Crippen LogP contribution in [0.4, 0.5) is 0 Å². The summed E-state index contributed by atoms with van der Waals surface area (Å²) in [5.74, 6) is 0.782. The lowest BCUT2D eigenvalue weighted by molar-refractivity contribution is 0.0667. The van der Waals surface area contributed by atoms with Crippen LogP contribution in [-0.2, 0) is 0 Å². The van der Waals surface area contributed by atoms with Crippen molar-refractivity contribution < 1.29 is 4.79 Å². The smallest absolute Gasteiger partial charge is 0.273 e. The number of hydrogen-bond donors (Lipinski definition) is 1. The third kappa shape index (κ3) is 2.88. The van der Waals surface area contributed by atoms with Crippen molar-refractivity contribution in [3.8, 4) is 0 Å². The van der Waals surface area contributed by atoms with E-state index < -0.39 is 0 Å². The van der Waals surface area contributed by atoms with Gasteiger partial charge in [-0.25, -0.2) is 4.98 Å². The monoisotopic (exact) mass is 337 g/mol. The van der Waals surface area contributed by atoms with Crippen molar-refractivity contribution in [2.45, 2.75) is 31.7 Å². The van der Waals surface area contributed by atoms with Gasteiger partial charge in [0.15, 0.2) is 0 Å².